The van der Waals surface area contributed by atoms with Gasteiger partial charge in [0, 0.05) is 11.6 Å². The largest absolute Gasteiger partial charge is 0.507 e. The molecule has 0 unspecified atom stereocenters. The molecule has 1 aliphatic rings. The van der Waals surface area contributed by atoms with Crippen LogP contribution in [-0.4, -0.2) is 21.3 Å². The molecule has 3 rings (SSSR count). The van der Waals surface area contributed by atoms with E-state index in [1.165, 1.54) is 17.2 Å². The number of nitrogens with zero attached hydrogens (tertiary/aromatic N) is 1. The number of carboxylic acid groups (broad SMARTS) is 1. The van der Waals surface area contributed by atoms with Crippen molar-refractivity contribution in [1.29, 1.82) is 0 Å². The highest BCUT2D eigenvalue weighted by Crippen LogP contribution is 2.38. The fourth-order valence-corrected chi connectivity index (χ4v) is 2.91. The van der Waals surface area contributed by atoms with Crippen molar-refractivity contribution in [2.24, 2.45) is 0 Å². The molecule has 0 saturated heterocycles. The summed E-state index contributed by atoms with van der Waals surface area (Å²) in [6.45, 7) is 1.94. The van der Waals surface area contributed by atoms with Gasteiger partial charge in [0.15, 0.2) is 0 Å². The molecule has 104 valence electrons. The Morgan fingerprint density at radius 2 is 2.05 bits per heavy atom. The summed E-state index contributed by atoms with van der Waals surface area (Å²) in [5.74, 6) is -1.26. The van der Waals surface area contributed by atoms with Crippen LogP contribution in [0.2, 0.25) is 0 Å². The van der Waals surface area contributed by atoms with Gasteiger partial charge in [0.2, 0.25) is 5.76 Å². The number of rotatable bonds is 2. The first-order chi connectivity index (χ1) is 9.58. The summed E-state index contributed by atoms with van der Waals surface area (Å²) in [6, 6.07) is 3.12. The van der Waals surface area contributed by atoms with E-state index in [2.05, 4.69) is 5.16 Å². The van der Waals surface area contributed by atoms with Gasteiger partial charge in [-0.1, -0.05) is 5.16 Å². The van der Waals surface area contributed by atoms with Crippen LogP contribution in [0.3, 0.4) is 0 Å². The molecule has 5 heteroatoms. The van der Waals surface area contributed by atoms with Crippen molar-refractivity contribution in [1.82, 2.24) is 5.16 Å². The first-order valence-electron chi connectivity index (χ1n) is 6.62. The van der Waals surface area contributed by atoms with Crippen molar-refractivity contribution in [3.8, 4) is 17.0 Å². The number of benzene rings is 1. The van der Waals surface area contributed by atoms with Crippen molar-refractivity contribution < 1.29 is 19.5 Å². The van der Waals surface area contributed by atoms with Crippen molar-refractivity contribution in [2.45, 2.75) is 32.6 Å². The van der Waals surface area contributed by atoms with E-state index in [1.54, 1.807) is 6.07 Å². The number of aromatic carboxylic acids is 1. The smallest absolute Gasteiger partial charge is 0.374 e. The third kappa shape index (κ3) is 1.95. The molecule has 0 radical (unpaired) electrons. The number of aromatic nitrogens is 1. The second-order valence-electron chi connectivity index (χ2n) is 5.12. The number of fused-ring (bicyclic) bond motifs is 1. The van der Waals surface area contributed by atoms with Gasteiger partial charge in [-0.2, -0.15) is 0 Å². The maximum atomic E-state index is 10.9. The van der Waals surface area contributed by atoms with E-state index in [9.17, 15) is 9.90 Å². The number of carbonyl (C=O) groups is 1. The summed E-state index contributed by atoms with van der Waals surface area (Å²) >= 11 is 0. The standard InChI is InChI=1S/C15H15NO4/c1-8-10-5-3-2-4-9(10)6-12(17)14(8)11-7-13(15(18)19)20-16-11/h6-7,17H,2-5H2,1H3,(H,18,19). The number of phenolic OH excluding ortho intramolecular Hbond substituents is 1. The lowest BCUT2D eigenvalue weighted by Gasteiger charge is -2.20. The Labute approximate surface area is 115 Å². The molecular weight excluding hydrogens is 258 g/mol. The molecule has 0 saturated carbocycles. The Hall–Kier alpha value is -2.30. The number of aromatic hydroxyl groups is 1. The van der Waals surface area contributed by atoms with E-state index in [-0.39, 0.29) is 11.5 Å². The molecule has 5 nitrogen and oxygen atoms in total. The molecule has 2 N–H and O–H groups in total. The highest BCUT2D eigenvalue weighted by atomic mass is 16.5. The predicted molar refractivity (Wildman–Crippen MR) is 71.9 cm³/mol. The molecule has 2 aromatic rings. The molecular formula is C15H15NO4. The van der Waals surface area contributed by atoms with Gasteiger partial charge in [-0.3, -0.25) is 0 Å². The summed E-state index contributed by atoms with van der Waals surface area (Å²) < 4.78 is 4.77. The van der Waals surface area contributed by atoms with E-state index >= 15 is 0 Å². The van der Waals surface area contributed by atoms with Crippen LogP contribution in [0, 0.1) is 6.92 Å². The number of aryl methyl sites for hydroxylation is 1. The quantitative estimate of drug-likeness (QED) is 0.878. The van der Waals surface area contributed by atoms with Crippen LogP contribution in [0.1, 0.15) is 40.1 Å². The van der Waals surface area contributed by atoms with Crippen LogP contribution in [0.4, 0.5) is 0 Å². The van der Waals surface area contributed by atoms with Crippen LogP contribution in [0.15, 0.2) is 16.7 Å². The molecule has 1 aromatic carbocycles. The fourth-order valence-electron chi connectivity index (χ4n) is 2.91. The summed E-state index contributed by atoms with van der Waals surface area (Å²) in [7, 11) is 0. The van der Waals surface area contributed by atoms with Crippen LogP contribution >= 0.6 is 0 Å². The van der Waals surface area contributed by atoms with E-state index in [0.717, 1.165) is 31.2 Å². The molecule has 0 spiro atoms. The maximum Gasteiger partial charge on any atom is 0.374 e. The highest BCUT2D eigenvalue weighted by Gasteiger charge is 2.21. The van der Waals surface area contributed by atoms with Gasteiger partial charge in [-0.15, -0.1) is 0 Å². The molecule has 1 heterocycles. The monoisotopic (exact) mass is 273 g/mol. The minimum atomic E-state index is -1.17. The third-order valence-corrected chi connectivity index (χ3v) is 3.88. The van der Waals surface area contributed by atoms with E-state index in [1.807, 2.05) is 6.92 Å². The fraction of sp³-hybridized carbons (Fsp3) is 0.333. The number of hydrogen-bond donors (Lipinski definition) is 2. The zero-order valence-electron chi connectivity index (χ0n) is 11.1. The summed E-state index contributed by atoms with van der Waals surface area (Å²) in [6.07, 6.45) is 4.23. The van der Waals surface area contributed by atoms with Crippen LogP contribution < -0.4 is 0 Å². The van der Waals surface area contributed by atoms with Crippen LogP contribution in [-0.2, 0) is 12.8 Å². The zero-order chi connectivity index (χ0) is 14.3. The van der Waals surface area contributed by atoms with Crippen molar-refractivity contribution in [2.75, 3.05) is 0 Å². The van der Waals surface area contributed by atoms with Gasteiger partial charge in [-0.25, -0.2) is 4.79 Å². The number of hydrogen-bond acceptors (Lipinski definition) is 4. The highest BCUT2D eigenvalue weighted by molar-refractivity contribution is 5.86. The minimum absolute atomic E-state index is 0.133. The minimum Gasteiger partial charge on any atom is -0.507 e. The Bertz CT molecular complexity index is 687. The van der Waals surface area contributed by atoms with E-state index < -0.39 is 5.97 Å². The van der Waals surface area contributed by atoms with Gasteiger partial charge in [-0.05, 0) is 55.4 Å². The lowest BCUT2D eigenvalue weighted by molar-refractivity contribution is 0.0652. The summed E-state index contributed by atoms with van der Waals surface area (Å²) in [5.41, 5.74) is 4.32. The molecule has 0 aliphatic heterocycles. The Balaban J connectivity index is 2.15. The average molecular weight is 273 g/mol. The molecule has 1 aromatic heterocycles. The maximum absolute atomic E-state index is 10.9. The summed E-state index contributed by atoms with van der Waals surface area (Å²) in [4.78, 5) is 10.9. The first-order valence-corrected chi connectivity index (χ1v) is 6.62. The molecule has 20 heavy (non-hydrogen) atoms. The van der Waals surface area contributed by atoms with Crippen LogP contribution in [0.5, 0.6) is 5.75 Å². The Morgan fingerprint density at radius 1 is 1.30 bits per heavy atom. The lowest BCUT2D eigenvalue weighted by Crippen LogP contribution is -2.06. The second kappa shape index (κ2) is 4.67. The van der Waals surface area contributed by atoms with Crippen molar-refractivity contribution in [3.63, 3.8) is 0 Å². The van der Waals surface area contributed by atoms with Gasteiger partial charge in [0.25, 0.3) is 0 Å². The number of phenols is 1. The van der Waals surface area contributed by atoms with Crippen LogP contribution in [0.25, 0.3) is 11.3 Å². The third-order valence-electron chi connectivity index (χ3n) is 3.88. The molecule has 0 atom stereocenters. The van der Waals surface area contributed by atoms with Crippen molar-refractivity contribution >= 4 is 5.97 Å². The summed E-state index contributed by atoms with van der Waals surface area (Å²) in [5, 5.41) is 22.9. The Morgan fingerprint density at radius 3 is 2.75 bits per heavy atom. The second-order valence-corrected chi connectivity index (χ2v) is 5.12. The van der Waals surface area contributed by atoms with E-state index in [4.69, 9.17) is 9.63 Å². The average Bonchev–Trinajstić information content (AvgIpc) is 2.88. The predicted octanol–water partition coefficient (Wildman–Crippen LogP) is 2.93. The molecule has 0 fully saturated rings. The first kappa shape index (κ1) is 12.7. The lowest BCUT2D eigenvalue weighted by atomic mass is 9.85. The van der Waals surface area contributed by atoms with Gasteiger partial charge in [0.1, 0.15) is 11.4 Å². The molecule has 0 amide bonds. The van der Waals surface area contributed by atoms with E-state index in [0.29, 0.717) is 11.3 Å². The number of carboxylic acids is 1. The van der Waals surface area contributed by atoms with Gasteiger partial charge >= 0.3 is 5.97 Å². The Kier molecular flexibility index (Phi) is 2.97. The molecule has 1 aliphatic carbocycles. The normalized spacial score (nSPS) is 14.1. The van der Waals surface area contributed by atoms with Gasteiger partial charge in [0.05, 0.1) is 0 Å². The zero-order valence-corrected chi connectivity index (χ0v) is 11.1. The SMILES string of the molecule is Cc1c2c(cc(O)c1-c1cc(C(=O)O)on1)CCCC2. The topological polar surface area (TPSA) is 83.6 Å². The molecule has 0 bridgehead atoms. The van der Waals surface area contributed by atoms with Gasteiger partial charge < -0.3 is 14.7 Å². The van der Waals surface area contributed by atoms with Crippen molar-refractivity contribution in [3.05, 3.63) is 34.6 Å².